The Morgan fingerprint density at radius 2 is 1.78 bits per heavy atom. The summed E-state index contributed by atoms with van der Waals surface area (Å²) >= 11 is 0. The van der Waals surface area contributed by atoms with Crippen LogP contribution in [0.3, 0.4) is 0 Å². The van der Waals surface area contributed by atoms with Gasteiger partial charge in [0.15, 0.2) is 0 Å². The lowest BCUT2D eigenvalue weighted by Gasteiger charge is -2.26. The van der Waals surface area contributed by atoms with Crippen molar-refractivity contribution in [3.63, 3.8) is 0 Å². The molecule has 6 heteroatoms. The molecule has 0 unspecified atom stereocenters. The lowest BCUT2D eigenvalue weighted by atomic mass is 9.81. The Morgan fingerprint density at radius 1 is 1.17 bits per heavy atom. The van der Waals surface area contributed by atoms with Gasteiger partial charge in [0.2, 0.25) is 0 Å². The van der Waals surface area contributed by atoms with E-state index in [0.717, 1.165) is 0 Å². The summed E-state index contributed by atoms with van der Waals surface area (Å²) in [5.41, 5.74) is -0.0189. The lowest BCUT2D eigenvalue weighted by molar-refractivity contribution is -0.138. The molecule has 1 aromatic rings. The topological polar surface area (TPSA) is 84.9 Å². The molecule has 6 nitrogen and oxygen atoms in total. The zero-order valence-electron chi connectivity index (χ0n) is 14.5. The van der Waals surface area contributed by atoms with Gasteiger partial charge in [0.1, 0.15) is 11.4 Å². The molecule has 0 fully saturated rings. The van der Waals surface area contributed by atoms with E-state index in [1.54, 1.807) is 39.0 Å². The maximum Gasteiger partial charge on any atom is 0.412 e. The predicted molar refractivity (Wildman–Crippen MR) is 88.1 cm³/mol. The van der Waals surface area contributed by atoms with E-state index in [1.807, 2.05) is 13.8 Å². The number of benzene rings is 1. The van der Waals surface area contributed by atoms with Crippen molar-refractivity contribution >= 4 is 17.7 Å². The highest BCUT2D eigenvalue weighted by Gasteiger charge is 2.28. The maximum atomic E-state index is 11.9. The zero-order chi connectivity index (χ0) is 17.8. The molecule has 1 rings (SSSR count). The van der Waals surface area contributed by atoms with Crippen molar-refractivity contribution in [1.82, 2.24) is 0 Å². The summed E-state index contributed by atoms with van der Waals surface area (Å²) in [5, 5.41) is 11.7. The van der Waals surface area contributed by atoms with Crippen molar-refractivity contribution in [3.05, 3.63) is 23.8 Å². The summed E-state index contributed by atoms with van der Waals surface area (Å²) < 4.78 is 10.5. The molecular weight excluding hydrogens is 298 g/mol. The molecule has 0 aromatic heterocycles. The van der Waals surface area contributed by atoms with Gasteiger partial charge in [0.05, 0.1) is 13.5 Å². The van der Waals surface area contributed by atoms with Crippen molar-refractivity contribution < 1.29 is 24.2 Å². The number of hydrogen-bond donors (Lipinski definition) is 2. The molecule has 0 heterocycles. The SMILES string of the molecule is COc1ccc(NC(=O)OC(C)(C)C)cc1C(C)(C)CC(=O)O. The van der Waals surface area contributed by atoms with Crippen LogP contribution in [0.1, 0.15) is 46.6 Å². The number of anilines is 1. The molecule has 23 heavy (non-hydrogen) atoms. The van der Waals surface area contributed by atoms with Gasteiger partial charge >= 0.3 is 12.1 Å². The molecule has 0 aliphatic rings. The van der Waals surface area contributed by atoms with Gasteiger partial charge in [-0.2, -0.15) is 0 Å². The summed E-state index contributed by atoms with van der Waals surface area (Å²) in [4.78, 5) is 22.9. The Morgan fingerprint density at radius 3 is 2.26 bits per heavy atom. The van der Waals surface area contributed by atoms with Crippen molar-refractivity contribution in [2.75, 3.05) is 12.4 Å². The number of nitrogens with one attached hydrogen (secondary N) is 1. The first-order chi connectivity index (χ1) is 10.4. The van der Waals surface area contributed by atoms with Crippen LogP contribution < -0.4 is 10.1 Å². The second kappa shape index (κ2) is 6.89. The van der Waals surface area contributed by atoms with Gasteiger partial charge < -0.3 is 14.6 Å². The smallest absolute Gasteiger partial charge is 0.412 e. The van der Waals surface area contributed by atoms with Gasteiger partial charge in [-0.25, -0.2) is 4.79 Å². The number of ether oxygens (including phenoxy) is 2. The van der Waals surface area contributed by atoms with Crippen molar-refractivity contribution in [2.24, 2.45) is 0 Å². The molecular formula is C17H25NO5. The third kappa shape index (κ3) is 5.81. The molecule has 128 valence electrons. The van der Waals surface area contributed by atoms with E-state index in [9.17, 15) is 9.59 Å². The first-order valence-electron chi connectivity index (χ1n) is 7.35. The fraction of sp³-hybridized carbons (Fsp3) is 0.529. The number of carboxylic acid groups (broad SMARTS) is 1. The van der Waals surface area contributed by atoms with Gasteiger partial charge in [-0.3, -0.25) is 10.1 Å². The Balaban J connectivity index is 3.08. The maximum absolute atomic E-state index is 11.9. The molecule has 0 saturated heterocycles. The Labute approximate surface area is 136 Å². The minimum atomic E-state index is -0.900. The van der Waals surface area contributed by atoms with E-state index in [1.165, 1.54) is 7.11 Å². The van der Waals surface area contributed by atoms with E-state index >= 15 is 0 Å². The molecule has 0 spiro atoms. The van der Waals surface area contributed by atoms with Crippen LogP contribution in [-0.2, 0) is 14.9 Å². The standard InChI is InChI=1S/C17H25NO5/c1-16(2,3)23-15(21)18-11-7-8-13(22-6)12(9-11)17(4,5)10-14(19)20/h7-9H,10H2,1-6H3,(H,18,21)(H,19,20). The van der Waals surface area contributed by atoms with E-state index in [4.69, 9.17) is 14.6 Å². The van der Waals surface area contributed by atoms with Gasteiger partial charge in [-0.1, -0.05) is 13.8 Å². The van der Waals surface area contributed by atoms with Crippen molar-refractivity contribution in [3.8, 4) is 5.75 Å². The third-order valence-corrected chi connectivity index (χ3v) is 3.17. The van der Waals surface area contributed by atoms with Crippen LogP contribution in [0.2, 0.25) is 0 Å². The third-order valence-electron chi connectivity index (χ3n) is 3.17. The molecule has 0 atom stereocenters. The summed E-state index contributed by atoms with van der Waals surface area (Å²) in [7, 11) is 1.52. The van der Waals surface area contributed by atoms with Crippen LogP contribution in [0.15, 0.2) is 18.2 Å². The van der Waals surface area contributed by atoms with Crippen LogP contribution >= 0.6 is 0 Å². The summed E-state index contributed by atoms with van der Waals surface area (Å²) in [6.45, 7) is 8.97. The number of amides is 1. The quantitative estimate of drug-likeness (QED) is 0.861. The predicted octanol–water partition coefficient (Wildman–Crippen LogP) is 3.79. The summed E-state index contributed by atoms with van der Waals surface area (Å²) in [6, 6.07) is 5.10. The first-order valence-corrected chi connectivity index (χ1v) is 7.35. The van der Waals surface area contributed by atoms with E-state index in [0.29, 0.717) is 17.0 Å². The number of aliphatic carboxylic acids is 1. The Hall–Kier alpha value is -2.24. The Kier molecular flexibility index (Phi) is 5.64. The highest BCUT2D eigenvalue weighted by Crippen LogP contribution is 2.36. The van der Waals surface area contributed by atoms with Crippen LogP contribution in [0.4, 0.5) is 10.5 Å². The van der Waals surface area contributed by atoms with Crippen molar-refractivity contribution in [1.29, 1.82) is 0 Å². The van der Waals surface area contributed by atoms with Gasteiger partial charge in [-0.15, -0.1) is 0 Å². The van der Waals surface area contributed by atoms with E-state index in [-0.39, 0.29) is 6.42 Å². The highest BCUT2D eigenvalue weighted by atomic mass is 16.6. The summed E-state index contributed by atoms with van der Waals surface area (Å²) in [6.07, 6.45) is -0.621. The van der Waals surface area contributed by atoms with E-state index in [2.05, 4.69) is 5.32 Å². The average Bonchev–Trinajstić information content (AvgIpc) is 2.34. The van der Waals surface area contributed by atoms with Crippen LogP contribution in [-0.4, -0.2) is 29.9 Å². The van der Waals surface area contributed by atoms with Crippen LogP contribution in [0, 0.1) is 0 Å². The van der Waals surface area contributed by atoms with Crippen molar-refractivity contribution in [2.45, 2.75) is 52.1 Å². The second-order valence-corrected chi connectivity index (χ2v) is 7.00. The second-order valence-electron chi connectivity index (χ2n) is 7.00. The Bertz CT molecular complexity index is 587. The molecule has 0 aliphatic heterocycles. The minimum Gasteiger partial charge on any atom is -0.496 e. The number of carboxylic acids is 1. The average molecular weight is 323 g/mol. The monoisotopic (exact) mass is 323 g/mol. The molecule has 1 amide bonds. The molecule has 0 bridgehead atoms. The molecule has 2 N–H and O–H groups in total. The minimum absolute atomic E-state index is 0.0563. The van der Waals surface area contributed by atoms with Gasteiger partial charge in [-0.05, 0) is 39.0 Å². The fourth-order valence-corrected chi connectivity index (χ4v) is 2.21. The normalized spacial score (nSPS) is 11.7. The van der Waals surface area contributed by atoms with E-state index < -0.39 is 23.1 Å². The molecule has 0 aliphatic carbocycles. The first kappa shape index (κ1) is 18.8. The summed E-state index contributed by atoms with van der Waals surface area (Å²) in [5.74, 6) is -0.325. The van der Waals surface area contributed by atoms with Gasteiger partial charge in [0, 0.05) is 16.7 Å². The number of carbonyl (C=O) groups excluding carboxylic acids is 1. The number of rotatable bonds is 5. The van der Waals surface area contributed by atoms with Crippen LogP contribution in [0.25, 0.3) is 0 Å². The number of methoxy groups -OCH3 is 1. The zero-order valence-corrected chi connectivity index (χ0v) is 14.5. The van der Waals surface area contributed by atoms with Gasteiger partial charge in [0.25, 0.3) is 0 Å². The van der Waals surface area contributed by atoms with Crippen LogP contribution in [0.5, 0.6) is 5.75 Å². The molecule has 1 aromatic carbocycles. The number of carbonyl (C=O) groups is 2. The molecule has 0 saturated carbocycles. The molecule has 0 radical (unpaired) electrons. The largest absolute Gasteiger partial charge is 0.496 e. The highest BCUT2D eigenvalue weighted by molar-refractivity contribution is 5.85. The fourth-order valence-electron chi connectivity index (χ4n) is 2.21. The number of hydrogen-bond acceptors (Lipinski definition) is 4. The lowest BCUT2D eigenvalue weighted by Crippen LogP contribution is -2.27.